The van der Waals surface area contributed by atoms with E-state index in [4.69, 9.17) is 21.7 Å². The van der Waals surface area contributed by atoms with Crippen molar-refractivity contribution in [2.45, 2.75) is 0 Å². The Hall–Kier alpha value is -3.59. The number of H-pyrrole nitrogens is 1. The Morgan fingerprint density at radius 2 is 2.07 bits per heavy atom. The molecule has 0 radical (unpaired) electrons. The average molecular weight is 398 g/mol. The fourth-order valence-electron chi connectivity index (χ4n) is 2.61. The summed E-state index contributed by atoms with van der Waals surface area (Å²) < 4.78 is 19.0. The number of rotatable bonds is 4. The topological polar surface area (TPSA) is 112 Å². The third-order valence-corrected chi connectivity index (χ3v) is 4.25. The van der Waals surface area contributed by atoms with E-state index in [0.29, 0.717) is 34.2 Å². The second kappa shape index (κ2) is 7.20. The Balaban J connectivity index is 1.71. The van der Waals surface area contributed by atoms with E-state index < -0.39 is 5.82 Å². The first-order chi connectivity index (χ1) is 13.6. The van der Waals surface area contributed by atoms with Crippen molar-refractivity contribution in [2.24, 2.45) is 0 Å². The van der Waals surface area contributed by atoms with Crippen LogP contribution in [-0.2, 0) is 4.74 Å². The first-order valence-electron chi connectivity index (χ1n) is 8.08. The summed E-state index contributed by atoms with van der Waals surface area (Å²) in [6, 6.07) is 6.15. The van der Waals surface area contributed by atoms with E-state index in [0.717, 1.165) is 0 Å². The van der Waals surface area contributed by atoms with Crippen LogP contribution in [0.4, 0.5) is 16.0 Å². The third kappa shape index (κ3) is 3.23. The molecule has 0 amide bonds. The molecule has 4 aromatic rings. The Labute approximate surface area is 163 Å². The van der Waals surface area contributed by atoms with Gasteiger partial charge in [-0.1, -0.05) is 17.7 Å². The maximum absolute atomic E-state index is 14.2. The van der Waals surface area contributed by atoms with Gasteiger partial charge >= 0.3 is 0 Å². The van der Waals surface area contributed by atoms with E-state index in [-0.39, 0.29) is 16.5 Å². The minimum absolute atomic E-state index is 0.0840. The summed E-state index contributed by atoms with van der Waals surface area (Å²) in [7, 11) is 1.39. The number of benzene rings is 1. The lowest BCUT2D eigenvalue weighted by atomic mass is 10.2. The second-order valence-electron chi connectivity index (χ2n) is 5.68. The van der Waals surface area contributed by atoms with Crippen molar-refractivity contribution in [3.63, 3.8) is 0 Å². The van der Waals surface area contributed by atoms with Crippen LogP contribution in [0.15, 0.2) is 42.9 Å². The van der Waals surface area contributed by atoms with Crippen molar-refractivity contribution in [3.8, 4) is 11.4 Å². The lowest BCUT2D eigenvalue weighted by Gasteiger charge is -2.06. The number of pyridine rings is 1. The predicted octanol–water partition coefficient (Wildman–Crippen LogP) is 3.92. The highest BCUT2D eigenvalue weighted by molar-refractivity contribution is 6.33. The Bertz CT molecular complexity index is 1160. The van der Waals surface area contributed by atoms with Gasteiger partial charge in [-0.2, -0.15) is 0 Å². The highest BCUT2D eigenvalue weighted by Gasteiger charge is 2.16. The van der Waals surface area contributed by atoms with Gasteiger partial charge < -0.3 is 15.0 Å². The molecule has 0 fully saturated rings. The minimum atomic E-state index is -0.476. The molecule has 0 unspecified atom stereocenters. The summed E-state index contributed by atoms with van der Waals surface area (Å²) in [5.74, 6) is 0.583. The molecule has 0 aliphatic carbocycles. The maximum atomic E-state index is 14.2. The van der Waals surface area contributed by atoms with Gasteiger partial charge in [0.25, 0.3) is 0 Å². The van der Waals surface area contributed by atoms with Crippen molar-refractivity contribution in [1.29, 1.82) is 5.41 Å². The Kier molecular flexibility index (Phi) is 4.58. The predicted molar refractivity (Wildman–Crippen MR) is 103 cm³/mol. The van der Waals surface area contributed by atoms with Crippen LogP contribution < -0.4 is 5.32 Å². The molecular formula is C18H13ClFN7O. The van der Waals surface area contributed by atoms with Gasteiger partial charge in [-0.15, -0.1) is 0 Å². The van der Waals surface area contributed by atoms with Crippen LogP contribution in [0.2, 0.25) is 5.02 Å². The molecule has 0 atom stereocenters. The first kappa shape index (κ1) is 17.8. The molecule has 4 rings (SSSR count). The number of fused-ring (bicyclic) bond motifs is 1. The summed E-state index contributed by atoms with van der Waals surface area (Å²) >= 11 is 6.14. The van der Waals surface area contributed by atoms with E-state index in [9.17, 15) is 4.39 Å². The molecule has 8 nitrogen and oxygen atoms in total. The first-order valence-corrected chi connectivity index (χ1v) is 8.45. The van der Waals surface area contributed by atoms with Gasteiger partial charge in [-0.05, 0) is 18.2 Å². The zero-order valence-corrected chi connectivity index (χ0v) is 15.3. The molecule has 28 heavy (non-hydrogen) atoms. The number of hydrogen-bond acceptors (Lipinski definition) is 7. The lowest BCUT2D eigenvalue weighted by molar-refractivity contribution is 0.399. The summed E-state index contributed by atoms with van der Waals surface area (Å²) in [5, 5.41) is 10.9. The summed E-state index contributed by atoms with van der Waals surface area (Å²) in [6.45, 7) is 0. The molecule has 1 aromatic carbocycles. The van der Waals surface area contributed by atoms with Crippen molar-refractivity contribution >= 4 is 40.2 Å². The van der Waals surface area contributed by atoms with Crippen LogP contribution in [0, 0.1) is 11.2 Å². The third-order valence-electron chi connectivity index (χ3n) is 3.94. The largest absolute Gasteiger partial charge is 0.480 e. The number of aromatic nitrogens is 5. The fraction of sp³-hybridized carbons (Fsp3) is 0.0556. The summed E-state index contributed by atoms with van der Waals surface area (Å²) in [4.78, 5) is 20.1. The molecule has 3 N–H and O–H groups in total. The maximum Gasteiger partial charge on any atom is 0.233 e. The zero-order chi connectivity index (χ0) is 19.7. The molecule has 0 spiro atoms. The average Bonchev–Trinajstić information content (AvgIpc) is 3.12. The standard InChI is InChI=1S/C18H13ClFN7O/c1-28-16(21)12-7-24-13(8-23-12)26-18-15-11(5-6-22-18)25-17(27-15)14-9(19)3-2-4-10(14)20/h2-8,21H,1H3,(H,25,27)(H,22,24,26). The molecule has 0 aliphatic rings. The van der Waals surface area contributed by atoms with Crippen molar-refractivity contribution in [1.82, 2.24) is 24.9 Å². The number of nitrogens with one attached hydrogen (secondary N) is 3. The summed E-state index contributed by atoms with van der Waals surface area (Å²) in [6.07, 6.45) is 4.43. The number of methoxy groups -OCH3 is 1. The highest BCUT2D eigenvalue weighted by atomic mass is 35.5. The Morgan fingerprint density at radius 3 is 2.79 bits per heavy atom. The van der Waals surface area contributed by atoms with Gasteiger partial charge in [-0.25, -0.2) is 24.3 Å². The molecule has 140 valence electrons. The molecule has 3 heterocycles. The monoisotopic (exact) mass is 397 g/mol. The lowest BCUT2D eigenvalue weighted by Crippen LogP contribution is -2.06. The normalized spacial score (nSPS) is 10.8. The van der Waals surface area contributed by atoms with Crippen LogP contribution in [0.1, 0.15) is 5.69 Å². The van der Waals surface area contributed by atoms with Crippen LogP contribution in [-0.4, -0.2) is 37.9 Å². The van der Waals surface area contributed by atoms with E-state index >= 15 is 0 Å². The number of ether oxygens (including phenoxy) is 1. The molecule has 10 heteroatoms. The zero-order valence-electron chi connectivity index (χ0n) is 14.5. The molecule has 0 saturated carbocycles. The number of halogens is 2. The van der Waals surface area contributed by atoms with Crippen LogP contribution >= 0.6 is 11.6 Å². The van der Waals surface area contributed by atoms with Gasteiger partial charge in [-0.3, -0.25) is 5.41 Å². The molecule has 0 saturated heterocycles. The quantitative estimate of drug-likeness (QED) is 0.355. The van der Waals surface area contributed by atoms with Crippen LogP contribution in [0.5, 0.6) is 0 Å². The van der Waals surface area contributed by atoms with E-state index in [1.54, 1.807) is 18.3 Å². The number of anilines is 2. The van der Waals surface area contributed by atoms with E-state index in [1.165, 1.54) is 31.6 Å². The van der Waals surface area contributed by atoms with Gasteiger partial charge in [0.05, 0.1) is 35.6 Å². The van der Waals surface area contributed by atoms with E-state index in [1.807, 2.05) is 0 Å². The SMILES string of the molecule is COC(=N)c1cnc(Nc2nccc3nc(-c4c(F)cccc4Cl)[nH]c23)cn1. The second-order valence-corrected chi connectivity index (χ2v) is 6.09. The molecule has 0 aliphatic heterocycles. The van der Waals surface area contributed by atoms with Crippen molar-refractivity contribution < 1.29 is 9.13 Å². The number of nitrogens with zero attached hydrogens (tertiary/aromatic N) is 4. The number of hydrogen-bond donors (Lipinski definition) is 3. The molecule has 0 bridgehead atoms. The van der Waals surface area contributed by atoms with Gasteiger partial charge in [0.1, 0.15) is 28.7 Å². The number of aromatic amines is 1. The summed E-state index contributed by atoms with van der Waals surface area (Å²) in [5.41, 5.74) is 1.63. The Morgan fingerprint density at radius 1 is 1.21 bits per heavy atom. The highest BCUT2D eigenvalue weighted by Crippen LogP contribution is 2.31. The van der Waals surface area contributed by atoms with E-state index in [2.05, 4.69) is 30.2 Å². The van der Waals surface area contributed by atoms with Gasteiger partial charge in [0.2, 0.25) is 5.90 Å². The van der Waals surface area contributed by atoms with Crippen LogP contribution in [0.25, 0.3) is 22.4 Å². The smallest absolute Gasteiger partial charge is 0.233 e. The fourth-order valence-corrected chi connectivity index (χ4v) is 2.86. The van der Waals surface area contributed by atoms with Gasteiger partial charge in [0.15, 0.2) is 5.82 Å². The molecule has 3 aromatic heterocycles. The van der Waals surface area contributed by atoms with Crippen molar-refractivity contribution in [3.05, 3.63) is 59.4 Å². The minimum Gasteiger partial charge on any atom is -0.480 e. The molecular weight excluding hydrogens is 385 g/mol. The number of imidazole rings is 1. The van der Waals surface area contributed by atoms with Crippen LogP contribution in [0.3, 0.4) is 0 Å². The van der Waals surface area contributed by atoms with Gasteiger partial charge in [0, 0.05) is 6.20 Å². The van der Waals surface area contributed by atoms with Crippen molar-refractivity contribution in [2.75, 3.05) is 12.4 Å².